The fourth-order valence-corrected chi connectivity index (χ4v) is 2.24. The highest BCUT2D eigenvalue weighted by molar-refractivity contribution is 5.76. The van der Waals surface area contributed by atoms with Gasteiger partial charge in [-0.25, -0.2) is 9.48 Å². The maximum absolute atomic E-state index is 11.9. The van der Waals surface area contributed by atoms with Crippen LogP contribution in [-0.2, 0) is 17.9 Å². The van der Waals surface area contributed by atoms with Gasteiger partial charge in [-0.1, -0.05) is 0 Å². The number of amides is 1. The van der Waals surface area contributed by atoms with Crippen LogP contribution in [0.3, 0.4) is 0 Å². The lowest BCUT2D eigenvalue weighted by Crippen LogP contribution is -2.34. The molecule has 118 valence electrons. The van der Waals surface area contributed by atoms with E-state index in [-0.39, 0.29) is 18.1 Å². The smallest absolute Gasteiger partial charge is 0.348 e. The molecule has 0 bridgehead atoms. The molecule has 0 unspecified atom stereocenters. The summed E-state index contributed by atoms with van der Waals surface area (Å²) in [5.74, 6) is 0.239. The van der Waals surface area contributed by atoms with Crippen LogP contribution in [0.1, 0.15) is 17.1 Å². The quantitative estimate of drug-likeness (QED) is 0.793. The summed E-state index contributed by atoms with van der Waals surface area (Å²) in [6, 6.07) is 3.53. The van der Waals surface area contributed by atoms with Gasteiger partial charge in [-0.05, 0) is 26.8 Å². The summed E-state index contributed by atoms with van der Waals surface area (Å²) < 4.78 is 2.97. The molecule has 0 atom stereocenters. The van der Waals surface area contributed by atoms with E-state index in [1.165, 1.54) is 9.25 Å². The summed E-state index contributed by atoms with van der Waals surface area (Å²) in [6.45, 7) is 6.19. The molecule has 2 heterocycles. The molecule has 0 aromatic carbocycles. The van der Waals surface area contributed by atoms with Crippen LogP contribution in [0.2, 0.25) is 0 Å². The molecule has 0 spiro atoms. The molecule has 8 heteroatoms. The van der Waals surface area contributed by atoms with Gasteiger partial charge in [-0.3, -0.25) is 9.36 Å². The molecule has 0 saturated carbocycles. The monoisotopic (exact) mass is 304 g/mol. The Morgan fingerprint density at radius 3 is 2.59 bits per heavy atom. The minimum Gasteiger partial charge on any atom is -0.384 e. The minimum absolute atomic E-state index is 0.0553. The number of aryl methyl sites for hydroxylation is 3. The van der Waals surface area contributed by atoms with E-state index in [0.29, 0.717) is 24.6 Å². The first-order chi connectivity index (χ1) is 10.4. The molecule has 2 rings (SSSR count). The van der Waals surface area contributed by atoms with Crippen molar-refractivity contribution in [1.82, 2.24) is 24.6 Å². The SMILES string of the molecule is Cc1cc(C)n(CCNC(=O)Cn2nc(C)cc2N)c(=O)n1. The molecule has 0 aliphatic heterocycles. The average molecular weight is 304 g/mol. The molecule has 3 N–H and O–H groups in total. The zero-order valence-electron chi connectivity index (χ0n) is 13.0. The van der Waals surface area contributed by atoms with Gasteiger partial charge in [0.25, 0.3) is 0 Å². The van der Waals surface area contributed by atoms with Crippen molar-refractivity contribution in [3.63, 3.8) is 0 Å². The van der Waals surface area contributed by atoms with Gasteiger partial charge >= 0.3 is 5.69 Å². The Morgan fingerprint density at radius 2 is 2.00 bits per heavy atom. The van der Waals surface area contributed by atoms with E-state index >= 15 is 0 Å². The number of nitrogens with two attached hydrogens (primary N) is 1. The molecule has 0 aliphatic rings. The van der Waals surface area contributed by atoms with Gasteiger partial charge in [0.2, 0.25) is 5.91 Å². The van der Waals surface area contributed by atoms with E-state index in [9.17, 15) is 9.59 Å². The molecular formula is C14H20N6O2. The third kappa shape index (κ3) is 3.72. The number of anilines is 1. The summed E-state index contributed by atoms with van der Waals surface area (Å²) >= 11 is 0. The maximum atomic E-state index is 11.9. The Kier molecular flexibility index (Phi) is 4.59. The predicted octanol–water partition coefficient (Wildman–Crippen LogP) is -0.236. The molecule has 2 aromatic rings. The van der Waals surface area contributed by atoms with Crippen LogP contribution in [0.15, 0.2) is 16.9 Å². The van der Waals surface area contributed by atoms with Gasteiger partial charge in [0.15, 0.2) is 0 Å². The third-order valence-corrected chi connectivity index (χ3v) is 3.23. The van der Waals surface area contributed by atoms with Gasteiger partial charge in [0.1, 0.15) is 12.4 Å². The molecule has 0 saturated heterocycles. The zero-order chi connectivity index (χ0) is 16.3. The number of nitrogen functional groups attached to an aromatic ring is 1. The van der Waals surface area contributed by atoms with E-state index < -0.39 is 0 Å². The molecule has 0 fully saturated rings. The average Bonchev–Trinajstić information content (AvgIpc) is 2.71. The second kappa shape index (κ2) is 6.42. The summed E-state index contributed by atoms with van der Waals surface area (Å²) in [4.78, 5) is 27.5. The Bertz CT molecular complexity index is 746. The van der Waals surface area contributed by atoms with Crippen LogP contribution >= 0.6 is 0 Å². The number of rotatable bonds is 5. The molecular weight excluding hydrogens is 284 g/mol. The number of nitrogens with one attached hydrogen (secondary N) is 1. The van der Waals surface area contributed by atoms with Crippen molar-refractivity contribution in [2.75, 3.05) is 12.3 Å². The highest BCUT2D eigenvalue weighted by Crippen LogP contribution is 2.04. The number of aromatic nitrogens is 4. The van der Waals surface area contributed by atoms with E-state index in [0.717, 1.165) is 11.4 Å². The second-order valence-electron chi connectivity index (χ2n) is 5.19. The Hall–Kier alpha value is -2.64. The number of hydrogen-bond donors (Lipinski definition) is 2. The standard InChI is InChI=1S/C14H20N6O2/c1-9-6-11(3)19(14(22)17-9)5-4-16-13(21)8-20-12(15)7-10(2)18-20/h6-7H,4-5,8,15H2,1-3H3,(H,16,21). The number of carbonyl (C=O) groups excluding carboxylic acids is 1. The topological polar surface area (TPSA) is 108 Å². The minimum atomic E-state index is -0.307. The van der Waals surface area contributed by atoms with Gasteiger partial charge in [-0.15, -0.1) is 0 Å². The van der Waals surface area contributed by atoms with E-state index in [1.54, 1.807) is 13.0 Å². The molecule has 22 heavy (non-hydrogen) atoms. The number of carbonyl (C=O) groups is 1. The van der Waals surface area contributed by atoms with Crippen molar-refractivity contribution >= 4 is 11.7 Å². The normalized spacial score (nSPS) is 10.7. The Labute approximate surface area is 128 Å². The van der Waals surface area contributed by atoms with Crippen molar-refractivity contribution in [2.45, 2.75) is 33.9 Å². The summed E-state index contributed by atoms with van der Waals surface area (Å²) in [6.07, 6.45) is 0. The molecule has 1 amide bonds. The lowest BCUT2D eigenvalue weighted by molar-refractivity contribution is -0.121. The van der Waals surface area contributed by atoms with E-state index in [2.05, 4.69) is 15.4 Å². The maximum Gasteiger partial charge on any atom is 0.348 e. The highest BCUT2D eigenvalue weighted by Gasteiger charge is 2.08. The first-order valence-corrected chi connectivity index (χ1v) is 6.98. The Morgan fingerprint density at radius 1 is 1.27 bits per heavy atom. The van der Waals surface area contributed by atoms with Crippen LogP contribution in [-0.4, -0.2) is 31.8 Å². The van der Waals surface area contributed by atoms with Gasteiger partial charge < -0.3 is 11.1 Å². The molecule has 8 nitrogen and oxygen atoms in total. The third-order valence-electron chi connectivity index (χ3n) is 3.23. The molecule has 2 aromatic heterocycles. The van der Waals surface area contributed by atoms with Crippen molar-refractivity contribution in [2.24, 2.45) is 0 Å². The summed E-state index contributed by atoms with van der Waals surface area (Å²) in [5, 5.41) is 6.86. The van der Waals surface area contributed by atoms with Crippen molar-refractivity contribution in [3.8, 4) is 0 Å². The van der Waals surface area contributed by atoms with E-state index in [1.807, 2.05) is 19.9 Å². The first-order valence-electron chi connectivity index (χ1n) is 6.98. The van der Waals surface area contributed by atoms with Crippen LogP contribution < -0.4 is 16.7 Å². The molecule has 0 aliphatic carbocycles. The Balaban J connectivity index is 1.90. The molecule has 0 radical (unpaired) electrons. The van der Waals surface area contributed by atoms with Crippen molar-refractivity contribution in [3.05, 3.63) is 39.7 Å². The zero-order valence-corrected chi connectivity index (χ0v) is 13.0. The van der Waals surface area contributed by atoms with Crippen LogP contribution in [0.4, 0.5) is 5.82 Å². The van der Waals surface area contributed by atoms with Gasteiger partial charge in [0.05, 0.1) is 5.69 Å². The fourth-order valence-electron chi connectivity index (χ4n) is 2.24. The van der Waals surface area contributed by atoms with Crippen LogP contribution in [0, 0.1) is 20.8 Å². The van der Waals surface area contributed by atoms with Gasteiger partial charge in [0, 0.05) is 30.5 Å². The summed E-state index contributed by atoms with van der Waals surface area (Å²) in [5.41, 5.74) is 7.69. The van der Waals surface area contributed by atoms with Crippen molar-refractivity contribution < 1.29 is 4.79 Å². The van der Waals surface area contributed by atoms with Crippen LogP contribution in [0.25, 0.3) is 0 Å². The highest BCUT2D eigenvalue weighted by atomic mass is 16.2. The first kappa shape index (κ1) is 15.7. The lowest BCUT2D eigenvalue weighted by atomic mass is 10.3. The van der Waals surface area contributed by atoms with Gasteiger partial charge in [-0.2, -0.15) is 10.1 Å². The fraction of sp³-hybridized carbons (Fsp3) is 0.429. The summed E-state index contributed by atoms with van der Waals surface area (Å²) in [7, 11) is 0. The lowest BCUT2D eigenvalue weighted by Gasteiger charge is -2.11. The number of hydrogen-bond acceptors (Lipinski definition) is 5. The predicted molar refractivity (Wildman–Crippen MR) is 82.4 cm³/mol. The van der Waals surface area contributed by atoms with E-state index in [4.69, 9.17) is 5.73 Å². The largest absolute Gasteiger partial charge is 0.384 e. The number of nitrogens with zero attached hydrogens (tertiary/aromatic N) is 4. The van der Waals surface area contributed by atoms with Crippen LogP contribution in [0.5, 0.6) is 0 Å². The van der Waals surface area contributed by atoms with Crippen molar-refractivity contribution in [1.29, 1.82) is 0 Å². The second-order valence-corrected chi connectivity index (χ2v) is 5.19.